The first-order valence-electron chi connectivity index (χ1n) is 6.17. The van der Waals surface area contributed by atoms with Crippen molar-refractivity contribution in [2.75, 3.05) is 6.61 Å². The van der Waals surface area contributed by atoms with Crippen LogP contribution in [0.4, 0.5) is 0 Å². The van der Waals surface area contributed by atoms with Gasteiger partial charge in [-0.3, -0.25) is 0 Å². The van der Waals surface area contributed by atoms with Crippen LogP contribution in [-0.4, -0.2) is 17.7 Å². The highest BCUT2D eigenvalue weighted by molar-refractivity contribution is 6.08. The highest BCUT2D eigenvalue weighted by Gasteiger charge is 2.24. The molecule has 5 heteroatoms. The van der Waals surface area contributed by atoms with Gasteiger partial charge in [-0.1, -0.05) is 0 Å². The van der Waals surface area contributed by atoms with Gasteiger partial charge in [0.1, 0.15) is 16.9 Å². The Bertz CT molecular complexity index is 752. The molecule has 0 radical (unpaired) electrons. The number of ether oxygens (including phenoxy) is 1. The lowest BCUT2D eigenvalue weighted by Gasteiger charge is -2.01. The molecule has 0 fully saturated rings. The van der Waals surface area contributed by atoms with Crippen LogP contribution in [0.5, 0.6) is 5.75 Å². The van der Waals surface area contributed by atoms with Crippen molar-refractivity contribution in [1.29, 1.82) is 0 Å². The molecule has 102 valence electrons. The number of fused-ring (bicyclic) bond motifs is 1. The molecule has 3 aromatic rings. The van der Waals surface area contributed by atoms with Crippen LogP contribution in [0.2, 0.25) is 0 Å². The Morgan fingerprint density at radius 3 is 2.90 bits per heavy atom. The topological polar surface area (TPSA) is 72.8 Å². The number of benzene rings is 1. The number of aromatic hydroxyl groups is 1. The van der Waals surface area contributed by atoms with Crippen molar-refractivity contribution in [2.45, 2.75) is 6.92 Å². The van der Waals surface area contributed by atoms with Crippen LogP contribution in [0.1, 0.15) is 17.3 Å². The Balaban J connectivity index is 2.28. The molecule has 5 nitrogen and oxygen atoms in total. The second-order valence-corrected chi connectivity index (χ2v) is 4.18. The van der Waals surface area contributed by atoms with Crippen LogP contribution in [0.3, 0.4) is 0 Å². The molecule has 0 atom stereocenters. The van der Waals surface area contributed by atoms with Crippen LogP contribution in [0.25, 0.3) is 22.5 Å². The minimum atomic E-state index is -0.511. The summed E-state index contributed by atoms with van der Waals surface area (Å²) in [6, 6.07) is 7.96. The van der Waals surface area contributed by atoms with Gasteiger partial charge in [-0.2, -0.15) is 0 Å². The minimum Gasteiger partial charge on any atom is -0.508 e. The molecule has 0 unspecified atom stereocenters. The first-order chi connectivity index (χ1) is 9.70. The van der Waals surface area contributed by atoms with E-state index in [9.17, 15) is 9.90 Å². The van der Waals surface area contributed by atoms with Crippen molar-refractivity contribution in [1.82, 2.24) is 0 Å². The van der Waals surface area contributed by atoms with Gasteiger partial charge in [-0.25, -0.2) is 4.79 Å². The summed E-state index contributed by atoms with van der Waals surface area (Å²) in [6.07, 6.45) is 1.49. The van der Waals surface area contributed by atoms with E-state index in [-0.39, 0.29) is 17.9 Å². The van der Waals surface area contributed by atoms with E-state index in [1.165, 1.54) is 18.4 Å². The number of carbonyl (C=O) groups excluding carboxylic acids is 1. The van der Waals surface area contributed by atoms with Crippen LogP contribution in [0, 0.1) is 0 Å². The quantitative estimate of drug-likeness (QED) is 0.738. The molecule has 0 spiro atoms. The van der Waals surface area contributed by atoms with E-state index in [1.54, 1.807) is 25.1 Å². The Kier molecular flexibility index (Phi) is 2.95. The van der Waals surface area contributed by atoms with Gasteiger partial charge in [-0.15, -0.1) is 0 Å². The molecule has 1 aromatic carbocycles. The fourth-order valence-electron chi connectivity index (χ4n) is 2.07. The van der Waals surface area contributed by atoms with Gasteiger partial charge in [0.15, 0.2) is 11.5 Å². The van der Waals surface area contributed by atoms with Crippen LogP contribution < -0.4 is 0 Å². The Labute approximate surface area is 114 Å². The number of esters is 1. The maximum Gasteiger partial charge on any atom is 0.342 e. The van der Waals surface area contributed by atoms with Gasteiger partial charge >= 0.3 is 5.97 Å². The van der Waals surface area contributed by atoms with Crippen LogP contribution in [-0.2, 0) is 4.74 Å². The number of phenolic OH excluding ortho intramolecular Hbond substituents is 1. The Morgan fingerprint density at radius 2 is 2.20 bits per heavy atom. The van der Waals surface area contributed by atoms with E-state index in [1.807, 2.05) is 0 Å². The standard InChI is InChI=1S/C15H12O5/c1-2-18-15(17)13-10-8-9(16)5-6-11(10)20-14(13)12-4-3-7-19-12/h3-8,16H,2H2,1H3. The predicted octanol–water partition coefficient (Wildman–Crippen LogP) is 3.58. The fourth-order valence-corrected chi connectivity index (χ4v) is 2.07. The lowest BCUT2D eigenvalue weighted by molar-refractivity contribution is 0.0528. The van der Waals surface area contributed by atoms with Crippen molar-refractivity contribution in [3.63, 3.8) is 0 Å². The van der Waals surface area contributed by atoms with Gasteiger partial charge < -0.3 is 18.7 Å². The van der Waals surface area contributed by atoms with Crippen molar-refractivity contribution in [3.8, 4) is 17.3 Å². The van der Waals surface area contributed by atoms with E-state index in [2.05, 4.69) is 0 Å². The fraction of sp³-hybridized carbons (Fsp3) is 0.133. The summed E-state index contributed by atoms with van der Waals surface area (Å²) in [6.45, 7) is 1.98. The molecule has 0 aliphatic heterocycles. The molecule has 0 saturated carbocycles. The number of carbonyl (C=O) groups is 1. The Hall–Kier alpha value is -2.69. The van der Waals surface area contributed by atoms with Gasteiger partial charge in [0.2, 0.25) is 0 Å². The number of phenols is 1. The summed E-state index contributed by atoms with van der Waals surface area (Å²) in [5.41, 5.74) is 0.741. The minimum absolute atomic E-state index is 0.0508. The van der Waals surface area contributed by atoms with E-state index >= 15 is 0 Å². The van der Waals surface area contributed by atoms with Crippen molar-refractivity contribution in [2.24, 2.45) is 0 Å². The molecule has 0 saturated heterocycles. The second-order valence-electron chi connectivity index (χ2n) is 4.18. The number of furan rings is 2. The zero-order chi connectivity index (χ0) is 14.1. The van der Waals surface area contributed by atoms with Gasteiger partial charge in [0.25, 0.3) is 0 Å². The molecule has 2 aromatic heterocycles. The van der Waals surface area contributed by atoms with Crippen molar-refractivity contribution >= 4 is 16.9 Å². The van der Waals surface area contributed by atoms with Gasteiger partial charge in [0, 0.05) is 5.39 Å². The second kappa shape index (κ2) is 4.77. The lowest BCUT2D eigenvalue weighted by atomic mass is 10.1. The predicted molar refractivity (Wildman–Crippen MR) is 71.5 cm³/mol. The van der Waals surface area contributed by atoms with E-state index in [4.69, 9.17) is 13.6 Å². The normalized spacial score (nSPS) is 10.8. The zero-order valence-electron chi connectivity index (χ0n) is 10.8. The summed E-state index contributed by atoms with van der Waals surface area (Å²) in [7, 11) is 0. The van der Waals surface area contributed by atoms with Crippen LogP contribution >= 0.6 is 0 Å². The molecular weight excluding hydrogens is 260 g/mol. The first kappa shape index (κ1) is 12.3. The zero-order valence-corrected chi connectivity index (χ0v) is 10.8. The van der Waals surface area contributed by atoms with E-state index < -0.39 is 5.97 Å². The molecule has 0 aliphatic rings. The molecule has 20 heavy (non-hydrogen) atoms. The maximum absolute atomic E-state index is 12.1. The first-order valence-corrected chi connectivity index (χ1v) is 6.17. The highest BCUT2D eigenvalue weighted by atomic mass is 16.5. The third-order valence-corrected chi connectivity index (χ3v) is 2.90. The SMILES string of the molecule is CCOC(=O)c1c(-c2ccco2)oc2ccc(O)cc12. The average molecular weight is 272 g/mol. The summed E-state index contributed by atoms with van der Waals surface area (Å²) in [4.78, 5) is 12.1. The third-order valence-electron chi connectivity index (χ3n) is 2.90. The largest absolute Gasteiger partial charge is 0.508 e. The highest BCUT2D eigenvalue weighted by Crippen LogP contribution is 2.35. The monoisotopic (exact) mass is 272 g/mol. The third kappa shape index (κ3) is 1.93. The molecule has 1 N–H and O–H groups in total. The van der Waals surface area contributed by atoms with E-state index in [0.717, 1.165) is 0 Å². The van der Waals surface area contributed by atoms with E-state index in [0.29, 0.717) is 22.5 Å². The summed E-state index contributed by atoms with van der Waals surface area (Å²) in [5, 5.41) is 10.1. The van der Waals surface area contributed by atoms with Crippen molar-refractivity contribution in [3.05, 3.63) is 42.2 Å². The van der Waals surface area contributed by atoms with Gasteiger partial charge in [-0.05, 0) is 37.3 Å². The average Bonchev–Trinajstić information content (AvgIpc) is 3.05. The summed E-state index contributed by atoms with van der Waals surface area (Å²) >= 11 is 0. The molecule has 0 aliphatic carbocycles. The molecule has 2 heterocycles. The summed E-state index contributed by atoms with van der Waals surface area (Å²) in [5.74, 6) is 0.274. The smallest absolute Gasteiger partial charge is 0.342 e. The Morgan fingerprint density at radius 1 is 1.35 bits per heavy atom. The maximum atomic E-state index is 12.1. The molecule has 0 bridgehead atoms. The molecular formula is C15H12O5. The lowest BCUT2D eigenvalue weighted by Crippen LogP contribution is -2.05. The number of hydrogen-bond acceptors (Lipinski definition) is 5. The number of hydrogen-bond donors (Lipinski definition) is 1. The van der Waals surface area contributed by atoms with Gasteiger partial charge in [0.05, 0.1) is 12.9 Å². The van der Waals surface area contributed by atoms with Crippen molar-refractivity contribution < 1.29 is 23.5 Å². The molecule has 3 rings (SSSR count). The number of rotatable bonds is 3. The summed E-state index contributed by atoms with van der Waals surface area (Å²) < 4.78 is 16.0. The van der Waals surface area contributed by atoms with Crippen LogP contribution in [0.15, 0.2) is 45.4 Å². The molecule has 0 amide bonds.